The molecule has 1 heterocycles. The molecule has 0 amide bonds. The molecule has 1 fully saturated rings. The Morgan fingerprint density at radius 2 is 2.00 bits per heavy atom. The minimum atomic E-state index is 0.570. The molecule has 0 spiro atoms. The Balaban J connectivity index is 1.72. The Bertz CT molecular complexity index is 732. The summed E-state index contributed by atoms with van der Waals surface area (Å²) in [4.78, 5) is 4.78. The van der Waals surface area contributed by atoms with Crippen LogP contribution in [-0.4, -0.2) is 28.3 Å². The molecule has 0 aliphatic heterocycles. The fraction of sp³-hybridized carbons (Fsp3) is 0.500. The van der Waals surface area contributed by atoms with Gasteiger partial charge in [0, 0.05) is 23.8 Å². The minimum Gasteiger partial charge on any atom is -0.357 e. The molecule has 2 unspecified atom stereocenters. The van der Waals surface area contributed by atoms with Crippen LogP contribution in [0.5, 0.6) is 0 Å². The van der Waals surface area contributed by atoms with E-state index in [0.717, 1.165) is 30.7 Å². The van der Waals surface area contributed by atoms with Gasteiger partial charge in [0.1, 0.15) is 0 Å². The molecule has 1 aromatic heterocycles. The molecule has 0 saturated heterocycles. The molecular formula is C20H29N5. The van der Waals surface area contributed by atoms with Gasteiger partial charge in [-0.25, -0.2) is 4.99 Å². The molecule has 5 heteroatoms. The number of rotatable bonds is 6. The standard InChI is InChI=1S/C20H29N5/c1-5-21-20(23-19-11-14(19)2)22-12-18-15(3)24-25(16(18)4)13-17-9-7-6-8-10-17/h6-10,14,19H,5,11-13H2,1-4H3,(H2,21,22,23). The molecule has 3 rings (SSSR count). The highest BCUT2D eigenvalue weighted by molar-refractivity contribution is 5.80. The van der Waals surface area contributed by atoms with Crippen LogP contribution < -0.4 is 10.6 Å². The highest BCUT2D eigenvalue weighted by Crippen LogP contribution is 2.28. The zero-order valence-electron chi connectivity index (χ0n) is 15.7. The van der Waals surface area contributed by atoms with Gasteiger partial charge in [-0.15, -0.1) is 0 Å². The average Bonchev–Trinajstić information content (AvgIpc) is 3.22. The van der Waals surface area contributed by atoms with Crippen LogP contribution in [0.25, 0.3) is 0 Å². The summed E-state index contributed by atoms with van der Waals surface area (Å²) in [6, 6.07) is 11.0. The number of nitrogens with one attached hydrogen (secondary N) is 2. The molecule has 0 radical (unpaired) electrons. The number of nitrogens with zero attached hydrogens (tertiary/aromatic N) is 3. The largest absolute Gasteiger partial charge is 0.357 e. The lowest BCUT2D eigenvalue weighted by molar-refractivity contribution is 0.658. The third-order valence-corrected chi connectivity index (χ3v) is 4.88. The van der Waals surface area contributed by atoms with E-state index >= 15 is 0 Å². The summed E-state index contributed by atoms with van der Waals surface area (Å²) < 4.78 is 2.08. The summed E-state index contributed by atoms with van der Waals surface area (Å²) in [5.74, 6) is 1.66. The first kappa shape index (κ1) is 17.5. The van der Waals surface area contributed by atoms with Crippen molar-refractivity contribution in [1.82, 2.24) is 20.4 Å². The van der Waals surface area contributed by atoms with Crippen molar-refractivity contribution in [3.8, 4) is 0 Å². The summed E-state index contributed by atoms with van der Waals surface area (Å²) in [7, 11) is 0. The van der Waals surface area contributed by atoms with E-state index < -0.39 is 0 Å². The quantitative estimate of drug-likeness (QED) is 0.628. The first-order chi connectivity index (χ1) is 12.1. The van der Waals surface area contributed by atoms with Crippen molar-refractivity contribution in [3.05, 3.63) is 52.8 Å². The number of hydrogen-bond donors (Lipinski definition) is 2. The molecule has 1 aliphatic rings. The molecule has 2 atom stereocenters. The third-order valence-electron chi connectivity index (χ3n) is 4.88. The molecule has 2 aromatic rings. The van der Waals surface area contributed by atoms with E-state index in [9.17, 15) is 0 Å². The van der Waals surface area contributed by atoms with Gasteiger partial charge in [-0.05, 0) is 38.7 Å². The van der Waals surface area contributed by atoms with Crippen molar-refractivity contribution in [2.45, 2.75) is 53.2 Å². The predicted molar refractivity (Wildman–Crippen MR) is 103 cm³/mol. The van der Waals surface area contributed by atoms with Gasteiger partial charge in [-0.1, -0.05) is 37.3 Å². The Morgan fingerprint density at radius 3 is 2.64 bits per heavy atom. The fourth-order valence-electron chi connectivity index (χ4n) is 3.05. The number of guanidine groups is 1. The summed E-state index contributed by atoms with van der Waals surface area (Å²) in [5, 5.41) is 11.6. The van der Waals surface area contributed by atoms with E-state index in [1.165, 1.54) is 23.2 Å². The summed E-state index contributed by atoms with van der Waals surface area (Å²) >= 11 is 0. The lowest BCUT2D eigenvalue weighted by Gasteiger charge is -2.11. The van der Waals surface area contributed by atoms with Crippen molar-refractivity contribution in [1.29, 1.82) is 0 Å². The SMILES string of the molecule is CCNC(=NCc1c(C)nn(Cc2ccccc2)c1C)NC1CC1C. The average molecular weight is 339 g/mol. The van der Waals surface area contributed by atoms with Gasteiger partial charge < -0.3 is 10.6 Å². The maximum absolute atomic E-state index is 4.78. The van der Waals surface area contributed by atoms with Crippen molar-refractivity contribution in [3.63, 3.8) is 0 Å². The highest BCUT2D eigenvalue weighted by Gasteiger charge is 2.33. The minimum absolute atomic E-state index is 0.570. The van der Waals surface area contributed by atoms with Gasteiger partial charge >= 0.3 is 0 Å². The topological polar surface area (TPSA) is 54.2 Å². The van der Waals surface area contributed by atoms with Gasteiger partial charge in [0.15, 0.2) is 5.96 Å². The van der Waals surface area contributed by atoms with E-state index in [2.05, 4.69) is 67.3 Å². The van der Waals surface area contributed by atoms with Crippen molar-refractivity contribution in [2.24, 2.45) is 10.9 Å². The fourth-order valence-corrected chi connectivity index (χ4v) is 3.05. The van der Waals surface area contributed by atoms with E-state index in [0.29, 0.717) is 12.6 Å². The van der Waals surface area contributed by atoms with Crippen LogP contribution in [0.1, 0.15) is 42.8 Å². The second kappa shape index (κ2) is 7.72. The Morgan fingerprint density at radius 1 is 1.28 bits per heavy atom. The van der Waals surface area contributed by atoms with Gasteiger partial charge in [0.05, 0.1) is 18.8 Å². The van der Waals surface area contributed by atoms with Crippen LogP contribution >= 0.6 is 0 Å². The summed E-state index contributed by atoms with van der Waals surface area (Å²) in [6.07, 6.45) is 1.23. The first-order valence-corrected chi connectivity index (χ1v) is 9.20. The zero-order chi connectivity index (χ0) is 17.8. The molecule has 134 valence electrons. The molecule has 1 saturated carbocycles. The maximum Gasteiger partial charge on any atom is 0.191 e. The summed E-state index contributed by atoms with van der Waals surface area (Å²) in [5.41, 5.74) is 4.74. The normalized spacial score (nSPS) is 19.8. The lowest BCUT2D eigenvalue weighted by atomic mass is 10.2. The monoisotopic (exact) mass is 339 g/mol. The Hall–Kier alpha value is -2.30. The van der Waals surface area contributed by atoms with Gasteiger partial charge in [0.25, 0.3) is 0 Å². The molecule has 25 heavy (non-hydrogen) atoms. The summed E-state index contributed by atoms with van der Waals surface area (Å²) in [6.45, 7) is 10.9. The number of hydrogen-bond acceptors (Lipinski definition) is 2. The smallest absolute Gasteiger partial charge is 0.191 e. The van der Waals surface area contributed by atoms with Crippen molar-refractivity contribution < 1.29 is 0 Å². The van der Waals surface area contributed by atoms with Gasteiger partial charge in [0.2, 0.25) is 0 Å². The second-order valence-corrected chi connectivity index (χ2v) is 6.95. The highest BCUT2D eigenvalue weighted by atomic mass is 15.3. The number of aryl methyl sites for hydroxylation is 1. The van der Waals surface area contributed by atoms with Crippen molar-refractivity contribution >= 4 is 5.96 Å². The molecule has 5 nitrogen and oxygen atoms in total. The molecule has 1 aromatic carbocycles. The van der Waals surface area contributed by atoms with Crippen LogP contribution in [0.2, 0.25) is 0 Å². The maximum atomic E-state index is 4.78. The predicted octanol–water partition coefficient (Wildman–Crippen LogP) is 3.01. The number of aliphatic imine (C=N–C) groups is 1. The zero-order valence-corrected chi connectivity index (χ0v) is 15.7. The molecular weight excluding hydrogens is 310 g/mol. The van der Waals surface area contributed by atoms with E-state index in [-0.39, 0.29) is 0 Å². The Labute approximate surface area is 150 Å². The van der Waals surface area contributed by atoms with Crippen LogP contribution in [0.4, 0.5) is 0 Å². The third kappa shape index (κ3) is 4.41. The van der Waals surface area contributed by atoms with Crippen molar-refractivity contribution in [2.75, 3.05) is 6.54 Å². The van der Waals surface area contributed by atoms with Crippen LogP contribution in [0, 0.1) is 19.8 Å². The van der Waals surface area contributed by atoms with Gasteiger partial charge in [-0.2, -0.15) is 5.10 Å². The van der Waals surface area contributed by atoms with E-state index in [1.54, 1.807) is 0 Å². The van der Waals surface area contributed by atoms with Gasteiger partial charge in [-0.3, -0.25) is 4.68 Å². The number of aromatic nitrogens is 2. The molecule has 2 N–H and O–H groups in total. The lowest BCUT2D eigenvalue weighted by Crippen LogP contribution is -2.39. The van der Waals surface area contributed by atoms with Crippen LogP contribution in [0.3, 0.4) is 0 Å². The van der Waals surface area contributed by atoms with E-state index in [4.69, 9.17) is 10.1 Å². The van der Waals surface area contributed by atoms with Crippen LogP contribution in [-0.2, 0) is 13.1 Å². The molecule has 0 bridgehead atoms. The Kier molecular flexibility index (Phi) is 5.41. The number of benzene rings is 1. The first-order valence-electron chi connectivity index (χ1n) is 9.20. The van der Waals surface area contributed by atoms with Crippen LogP contribution in [0.15, 0.2) is 35.3 Å². The van der Waals surface area contributed by atoms with E-state index in [1.807, 2.05) is 6.07 Å². The second-order valence-electron chi connectivity index (χ2n) is 6.95. The molecule has 1 aliphatic carbocycles.